The number of hydrogen-bond acceptors (Lipinski definition) is 4. The van der Waals surface area contributed by atoms with Gasteiger partial charge in [-0.15, -0.1) is 0 Å². The van der Waals surface area contributed by atoms with E-state index >= 15 is 0 Å². The van der Waals surface area contributed by atoms with Gasteiger partial charge in [0.1, 0.15) is 0 Å². The molecule has 0 amide bonds. The third-order valence-electron chi connectivity index (χ3n) is 5.61. The topological polar surface area (TPSA) is 56.0 Å². The number of nitrogens with zero attached hydrogens (tertiary/aromatic N) is 5. The first-order valence-corrected chi connectivity index (χ1v) is 10.3. The molecule has 150 valence electrons. The van der Waals surface area contributed by atoms with E-state index in [4.69, 9.17) is 5.10 Å². The maximum atomic E-state index is 12.7. The highest BCUT2D eigenvalue weighted by molar-refractivity contribution is 5.56. The van der Waals surface area contributed by atoms with Gasteiger partial charge in [-0.25, -0.2) is 4.68 Å². The second-order valence-corrected chi connectivity index (χ2v) is 7.55. The molecule has 6 heteroatoms. The fraction of sp³-hybridized carbons (Fsp3) is 0.208. The van der Waals surface area contributed by atoms with Gasteiger partial charge in [0.15, 0.2) is 5.69 Å². The molecule has 0 aliphatic carbocycles. The van der Waals surface area contributed by atoms with Crippen LogP contribution in [0.2, 0.25) is 0 Å². The highest BCUT2D eigenvalue weighted by Crippen LogP contribution is 2.26. The van der Waals surface area contributed by atoms with E-state index in [0.717, 1.165) is 31.6 Å². The Balaban J connectivity index is 1.48. The van der Waals surface area contributed by atoms with E-state index in [2.05, 4.69) is 34.3 Å². The van der Waals surface area contributed by atoms with Crippen molar-refractivity contribution in [2.24, 2.45) is 0 Å². The van der Waals surface area contributed by atoms with Crippen molar-refractivity contribution < 1.29 is 0 Å². The molecular formula is C24H23N5O. The van der Waals surface area contributed by atoms with Crippen LogP contribution in [0, 0.1) is 0 Å². The molecule has 0 saturated carbocycles. The summed E-state index contributed by atoms with van der Waals surface area (Å²) >= 11 is 0. The molecule has 0 N–H and O–H groups in total. The van der Waals surface area contributed by atoms with Gasteiger partial charge in [-0.3, -0.25) is 9.48 Å². The van der Waals surface area contributed by atoms with Crippen molar-refractivity contribution in [1.82, 2.24) is 19.6 Å². The van der Waals surface area contributed by atoms with E-state index in [1.54, 1.807) is 16.9 Å². The molecule has 2 aromatic heterocycles. The zero-order chi connectivity index (χ0) is 20.3. The van der Waals surface area contributed by atoms with Gasteiger partial charge in [0.25, 0.3) is 0 Å². The molecule has 0 spiro atoms. The number of benzene rings is 2. The molecule has 1 aliphatic rings. The summed E-state index contributed by atoms with van der Waals surface area (Å²) in [7, 11) is 0. The van der Waals surface area contributed by atoms with Crippen LogP contribution >= 0.6 is 0 Å². The lowest BCUT2D eigenvalue weighted by molar-refractivity contribution is 0.371. The second kappa shape index (κ2) is 7.99. The molecule has 1 atom stereocenters. The predicted octanol–water partition coefficient (Wildman–Crippen LogP) is 3.94. The Morgan fingerprint density at radius 1 is 0.867 bits per heavy atom. The van der Waals surface area contributed by atoms with E-state index < -0.39 is 0 Å². The van der Waals surface area contributed by atoms with Crippen molar-refractivity contribution in [3.8, 4) is 17.1 Å². The van der Waals surface area contributed by atoms with Gasteiger partial charge in [-0.1, -0.05) is 36.4 Å². The van der Waals surface area contributed by atoms with E-state index in [-0.39, 0.29) is 11.5 Å². The second-order valence-electron chi connectivity index (χ2n) is 7.55. The first kappa shape index (κ1) is 18.4. The molecule has 3 heterocycles. The average Bonchev–Trinajstić information content (AvgIpc) is 3.30. The Morgan fingerprint density at radius 3 is 2.37 bits per heavy atom. The monoisotopic (exact) mass is 397 g/mol. The van der Waals surface area contributed by atoms with Gasteiger partial charge in [0.2, 0.25) is 5.43 Å². The summed E-state index contributed by atoms with van der Waals surface area (Å²) in [6, 6.07) is 24.0. The van der Waals surface area contributed by atoms with Crippen molar-refractivity contribution in [2.75, 3.05) is 18.0 Å². The predicted molar refractivity (Wildman–Crippen MR) is 118 cm³/mol. The summed E-state index contributed by atoms with van der Waals surface area (Å²) in [4.78, 5) is 15.1. The number of anilines is 1. The summed E-state index contributed by atoms with van der Waals surface area (Å²) in [5, 5.41) is 9.19. The largest absolute Gasteiger partial charge is 0.369 e. The summed E-state index contributed by atoms with van der Waals surface area (Å²) in [5.74, 6) is 0. The maximum Gasteiger partial charge on any atom is 0.209 e. The van der Waals surface area contributed by atoms with Crippen LogP contribution in [0.4, 0.5) is 5.69 Å². The molecular weight excluding hydrogens is 374 g/mol. The zero-order valence-corrected chi connectivity index (χ0v) is 16.6. The number of para-hydroxylation sites is 2. The Morgan fingerprint density at radius 2 is 1.60 bits per heavy atom. The van der Waals surface area contributed by atoms with E-state index in [0.29, 0.717) is 11.4 Å². The Labute approximate surface area is 175 Å². The lowest BCUT2D eigenvalue weighted by atomic mass is 10.0. The van der Waals surface area contributed by atoms with E-state index in [1.807, 2.05) is 53.3 Å². The first-order valence-electron chi connectivity index (χ1n) is 10.3. The van der Waals surface area contributed by atoms with Crippen LogP contribution < -0.4 is 10.3 Å². The molecule has 0 radical (unpaired) electrons. The first-order chi connectivity index (χ1) is 14.8. The Hall–Kier alpha value is -3.67. The van der Waals surface area contributed by atoms with Crippen LogP contribution in [0.3, 0.4) is 0 Å². The van der Waals surface area contributed by atoms with Crippen molar-refractivity contribution in [1.29, 1.82) is 0 Å². The van der Waals surface area contributed by atoms with Crippen molar-refractivity contribution in [3.63, 3.8) is 0 Å². The van der Waals surface area contributed by atoms with Crippen LogP contribution in [-0.2, 0) is 0 Å². The average molecular weight is 397 g/mol. The van der Waals surface area contributed by atoms with E-state index in [9.17, 15) is 4.79 Å². The fourth-order valence-corrected chi connectivity index (χ4v) is 4.10. The SMILES string of the molecule is O=c1ccn(C2CCCN(c3ccccc3)C2)nc1-c1ccnn1-c1ccccc1. The molecule has 1 unspecified atom stereocenters. The number of hydrogen-bond donors (Lipinski definition) is 0. The van der Waals surface area contributed by atoms with Crippen molar-refractivity contribution >= 4 is 5.69 Å². The minimum absolute atomic E-state index is 0.0975. The maximum absolute atomic E-state index is 12.7. The molecule has 1 fully saturated rings. The lowest BCUT2D eigenvalue weighted by Crippen LogP contribution is -2.37. The van der Waals surface area contributed by atoms with Gasteiger partial charge in [-0.05, 0) is 43.2 Å². The molecule has 6 nitrogen and oxygen atoms in total. The van der Waals surface area contributed by atoms with Crippen LogP contribution in [0.15, 0.2) is 90.0 Å². The van der Waals surface area contributed by atoms with Crippen LogP contribution in [0.25, 0.3) is 17.1 Å². The fourth-order valence-electron chi connectivity index (χ4n) is 4.10. The minimum atomic E-state index is -0.0975. The zero-order valence-electron chi connectivity index (χ0n) is 16.6. The summed E-state index contributed by atoms with van der Waals surface area (Å²) in [5.41, 5.74) is 3.17. The smallest absolute Gasteiger partial charge is 0.209 e. The third kappa shape index (κ3) is 3.52. The number of aromatic nitrogens is 4. The van der Waals surface area contributed by atoms with Gasteiger partial charge in [-0.2, -0.15) is 10.2 Å². The standard InChI is InChI=1S/C24H23N5O/c30-23-14-17-28(21-12-7-16-27(18-21)19-8-3-1-4-9-19)26-24(23)22-13-15-25-29(22)20-10-5-2-6-11-20/h1-6,8-11,13-15,17,21H,7,12,16,18H2. The van der Waals surface area contributed by atoms with Gasteiger partial charge >= 0.3 is 0 Å². The third-order valence-corrected chi connectivity index (χ3v) is 5.61. The quantitative estimate of drug-likeness (QED) is 0.523. The Bertz CT molecular complexity index is 1180. The van der Waals surface area contributed by atoms with E-state index in [1.165, 1.54) is 5.69 Å². The molecule has 4 aromatic rings. The number of rotatable bonds is 4. The molecule has 1 saturated heterocycles. The van der Waals surface area contributed by atoms with Crippen molar-refractivity contribution in [2.45, 2.75) is 18.9 Å². The molecule has 30 heavy (non-hydrogen) atoms. The van der Waals surface area contributed by atoms with Crippen molar-refractivity contribution in [3.05, 3.63) is 95.4 Å². The summed E-state index contributed by atoms with van der Waals surface area (Å²) < 4.78 is 3.72. The molecule has 1 aliphatic heterocycles. The Kier molecular flexibility index (Phi) is 4.89. The normalized spacial score (nSPS) is 16.5. The molecule has 5 rings (SSSR count). The highest BCUT2D eigenvalue weighted by atomic mass is 16.1. The molecule has 2 aromatic carbocycles. The van der Waals surface area contributed by atoms with Gasteiger partial charge in [0.05, 0.1) is 23.6 Å². The van der Waals surface area contributed by atoms with Crippen LogP contribution in [0.1, 0.15) is 18.9 Å². The van der Waals surface area contributed by atoms with Gasteiger partial charge < -0.3 is 4.90 Å². The van der Waals surface area contributed by atoms with Crippen LogP contribution in [0.5, 0.6) is 0 Å². The summed E-state index contributed by atoms with van der Waals surface area (Å²) in [6.45, 7) is 1.91. The van der Waals surface area contributed by atoms with Gasteiger partial charge in [0, 0.05) is 31.0 Å². The molecule has 0 bridgehead atoms. The number of piperidine rings is 1. The minimum Gasteiger partial charge on any atom is -0.369 e. The summed E-state index contributed by atoms with van der Waals surface area (Å²) in [6.07, 6.45) is 5.65. The van der Waals surface area contributed by atoms with Crippen LogP contribution in [-0.4, -0.2) is 32.7 Å². The lowest BCUT2D eigenvalue weighted by Gasteiger charge is -2.35. The highest BCUT2D eigenvalue weighted by Gasteiger charge is 2.23.